The Balaban J connectivity index is 1.74. The third-order valence-electron chi connectivity index (χ3n) is 5.12. The van der Waals surface area contributed by atoms with Crippen LogP contribution in [0.5, 0.6) is 0 Å². The number of phosphoric acid groups is 1. The predicted octanol–water partition coefficient (Wildman–Crippen LogP) is -0.782. The van der Waals surface area contributed by atoms with Crippen LogP contribution in [0.1, 0.15) is 24.4 Å². The number of nitrogens with two attached hydrogens (primary N) is 1. The van der Waals surface area contributed by atoms with Crippen LogP contribution in [0.4, 0.5) is 5.82 Å². The number of fused-ring (bicyclic) bond motifs is 1. The summed E-state index contributed by atoms with van der Waals surface area (Å²) in [5.41, 5.74) is 6.63. The monoisotopic (exact) mass is 371 g/mol. The zero-order valence-electron chi connectivity index (χ0n) is 13.0. The zero-order valence-corrected chi connectivity index (χ0v) is 13.9. The second kappa shape index (κ2) is 5.45. The number of phosphoric ester groups is 1. The summed E-state index contributed by atoms with van der Waals surface area (Å²) in [5.74, 6) is 0.272. The fourth-order valence-corrected chi connectivity index (χ4v) is 4.09. The molecule has 4 atom stereocenters. The molecule has 3 heterocycles. The van der Waals surface area contributed by atoms with E-state index in [1.807, 2.05) is 0 Å². The Morgan fingerprint density at radius 1 is 1.40 bits per heavy atom. The third kappa shape index (κ3) is 2.56. The molecule has 1 aliphatic carbocycles. The van der Waals surface area contributed by atoms with Gasteiger partial charge in [0.05, 0.1) is 23.3 Å². The van der Waals surface area contributed by atoms with Crippen molar-refractivity contribution >= 4 is 24.7 Å². The summed E-state index contributed by atoms with van der Waals surface area (Å²) in [6.07, 6.45) is 1.90. The number of aliphatic hydroxyl groups is 2. The number of aromatic amines is 1. The van der Waals surface area contributed by atoms with Crippen molar-refractivity contribution < 1.29 is 29.1 Å². The van der Waals surface area contributed by atoms with Gasteiger partial charge in [-0.25, -0.2) is 14.5 Å². The summed E-state index contributed by atoms with van der Waals surface area (Å²) in [4.78, 5) is 30.7. The van der Waals surface area contributed by atoms with Gasteiger partial charge in [0.1, 0.15) is 18.6 Å². The Bertz CT molecular complexity index is 870. The fourth-order valence-electron chi connectivity index (χ4n) is 3.82. The highest BCUT2D eigenvalue weighted by Gasteiger charge is 2.68. The second-order valence-electron chi connectivity index (χ2n) is 6.42. The van der Waals surface area contributed by atoms with E-state index in [9.17, 15) is 14.8 Å². The SMILES string of the molecule is Nc1ncnc2c([C@H]3C[C@H](O)C4(C[C@H]4O)N3COP(=O)(O)O)c[nH]c12. The highest BCUT2D eigenvalue weighted by atomic mass is 31.2. The smallest absolute Gasteiger partial charge is 0.391 e. The topological polar surface area (TPSA) is 178 Å². The van der Waals surface area contributed by atoms with E-state index in [0.717, 1.165) is 0 Å². The predicted molar refractivity (Wildman–Crippen MR) is 84.9 cm³/mol. The molecule has 12 heteroatoms. The molecule has 0 amide bonds. The van der Waals surface area contributed by atoms with Crippen molar-refractivity contribution in [3.05, 3.63) is 18.1 Å². The van der Waals surface area contributed by atoms with Gasteiger partial charge in [-0.1, -0.05) is 0 Å². The summed E-state index contributed by atoms with van der Waals surface area (Å²) >= 11 is 0. The number of aromatic nitrogens is 3. The maximum Gasteiger partial charge on any atom is 0.470 e. The Labute approximate surface area is 141 Å². The molecule has 2 aliphatic rings. The summed E-state index contributed by atoms with van der Waals surface area (Å²) in [7, 11) is -4.70. The van der Waals surface area contributed by atoms with Gasteiger partial charge in [0.15, 0.2) is 5.82 Å². The number of nitrogen functional groups attached to an aromatic ring is 1. The highest BCUT2D eigenvalue weighted by molar-refractivity contribution is 7.46. The summed E-state index contributed by atoms with van der Waals surface area (Å²) < 4.78 is 15.8. The lowest BCUT2D eigenvalue weighted by molar-refractivity contribution is 0.00133. The third-order valence-corrected chi connectivity index (χ3v) is 5.57. The van der Waals surface area contributed by atoms with Crippen molar-refractivity contribution in [2.24, 2.45) is 0 Å². The van der Waals surface area contributed by atoms with Crippen molar-refractivity contribution in [2.75, 3.05) is 12.5 Å². The number of likely N-dealkylation sites (tertiary alicyclic amines) is 1. The Morgan fingerprint density at radius 3 is 2.76 bits per heavy atom. The molecule has 1 saturated heterocycles. The average molecular weight is 371 g/mol. The minimum absolute atomic E-state index is 0.262. The van der Waals surface area contributed by atoms with E-state index in [-0.39, 0.29) is 12.2 Å². The van der Waals surface area contributed by atoms with Crippen molar-refractivity contribution in [1.29, 1.82) is 0 Å². The van der Waals surface area contributed by atoms with Gasteiger partial charge in [0.2, 0.25) is 0 Å². The molecule has 4 rings (SSSR count). The second-order valence-corrected chi connectivity index (χ2v) is 7.66. The van der Waals surface area contributed by atoms with Crippen LogP contribution in [0.25, 0.3) is 11.0 Å². The average Bonchev–Trinajstić information content (AvgIpc) is 2.90. The molecule has 1 unspecified atom stereocenters. The molecule has 1 saturated carbocycles. The first-order chi connectivity index (χ1) is 11.7. The van der Waals surface area contributed by atoms with Crippen LogP contribution < -0.4 is 5.73 Å². The minimum atomic E-state index is -4.70. The van der Waals surface area contributed by atoms with E-state index < -0.39 is 38.3 Å². The van der Waals surface area contributed by atoms with Crippen molar-refractivity contribution in [3.8, 4) is 0 Å². The van der Waals surface area contributed by atoms with Gasteiger partial charge in [-0.05, 0) is 12.8 Å². The van der Waals surface area contributed by atoms with E-state index >= 15 is 0 Å². The van der Waals surface area contributed by atoms with E-state index in [1.54, 1.807) is 11.1 Å². The maximum atomic E-state index is 11.1. The van der Waals surface area contributed by atoms with Gasteiger partial charge in [-0.3, -0.25) is 9.42 Å². The van der Waals surface area contributed by atoms with Gasteiger partial charge >= 0.3 is 7.82 Å². The molecule has 7 N–H and O–H groups in total. The summed E-state index contributed by atoms with van der Waals surface area (Å²) in [6.45, 7) is -0.434. The number of hydrogen-bond donors (Lipinski definition) is 6. The number of anilines is 1. The van der Waals surface area contributed by atoms with E-state index in [4.69, 9.17) is 15.5 Å². The number of aliphatic hydroxyl groups excluding tert-OH is 2. The van der Waals surface area contributed by atoms with Crippen LogP contribution >= 0.6 is 7.82 Å². The Kier molecular flexibility index (Phi) is 3.68. The zero-order chi connectivity index (χ0) is 18.0. The number of H-pyrrole nitrogens is 1. The molecule has 0 aromatic carbocycles. The van der Waals surface area contributed by atoms with Crippen LogP contribution in [0.15, 0.2) is 12.5 Å². The van der Waals surface area contributed by atoms with Gasteiger partial charge in [-0.2, -0.15) is 0 Å². The molecular formula is C13H18N5O6P. The minimum Gasteiger partial charge on any atom is -0.391 e. The van der Waals surface area contributed by atoms with E-state index in [2.05, 4.69) is 19.5 Å². The first-order valence-corrected chi connectivity index (χ1v) is 9.17. The number of rotatable bonds is 4. The van der Waals surface area contributed by atoms with Gasteiger partial charge in [0, 0.05) is 17.8 Å². The molecule has 136 valence electrons. The lowest BCUT2D eigenvalue weighted by Gasteiger charge is -2.30. The lowest BCUT2D eigenvalue weighted by atomic mass is 10.1. The first-order valence-electron chi connectivity index (χ1n) is 7.64. The summed E-state index contributed by atoms with van der Waals surface area (Å²) in [5, 5.41) is 20.5. The molecular weight excluding hydrogens is 353 g/mol. The van der Waals surface area contributed by atoms with Crippen LogP contribution in [0.3, 0.4) is 0 Å². The lowest BCUT2D eigenvalue weighted by Crippen LogP contribution is -2.42. The number of nitrogens with one attached hydrogen (secondary N) is 1. The first kappa shape index (κ1) is 16.9. The number of nitrogens with zero attached hydrogens (tertiary/aromatic N) is 3. The molecule has 2 fully saturated rings. The Hall–Kier alpha value is -1.59. The normalized spacial score (nSPS) is 32.7. The van der Waals surface area contributed by atoms with Crippen molar-refractivity contribution in [3.63, 3.8) is 0 Å². The molecule has 2 aromatic heterocycles. The molecule has 0 bridgehead atoms. The summed E-state index contributed by atoms with van der Waals surface area (Å²) in [6, 6.07) is -0.457. The van der Waals surface area contributed by atoms with Gasteiger partial charge < -0.3 is 30.7 Å². The molecule has 1 spiro atoms. The largest absolute Gasteiger partial charge is 0.470 e. The van der Waals surface area contributed by atoms with Gasteiger partial charge in [0.25, 0.3) is 0 Å². The number of hydrogen-bond acceptors (Lipinski definition) is 8. The quantitative estimate of drug-likeness (QED) is 0.373. The van der Waals surface area contributed by atoms with Crippen molar-refractivity contribution in [1.82, 2.24) is 19.9 Å². The highest BCUT2D eigenvalue weighted by Crippen LogP contribution is 2.57. The van der Waals surface area contributed by atoms with Crippen molar-refractivity contribution in [2.45, 2.75) is 36.6 Å². The van der Waals surface area contributed by atoms with Crippen LogP contribution in [0.2, 0.25) is 0 Å². The molecule has 2 aromatic rings. The van der Waals surface area contributed by atoms with Gasteiger partial charge in [-0.15, -0.1) is 0 Å². The van der Waals surface area contributed by atoms with Crippen LogP contribution in [0, 0.1) is 0 Å². The van der Waals surface area contributed by atoms with Crippen LogP contribution in [-0.2, 0) is 9.09 Å². The van der Waals surface area contributed by atoms with E-state index in [0.29, 0.717) is 23.0 Å². The molecule has 25 heavy (non-hydrogen) atoms. The fraction of sp³-hybridized carbons (Fsp3) is 0.538. The van der Waals surface area contributed by atoms with E-state index in [1.165, 1.54) is 6.33 Å². The molecule has 11 nitrogen and oxygen atoms in total. The Morgan fingerprint density at radius 2 is 2.12 bits per heavy atom. The molecule has 0 radical (unpaired) electrons. The molecule has 1 aliphatic heterocycles. The standard InChI is InChI=1S/C13H18N5O6P/c14-12-11-10(16-4-17-12)6(3-15-11)7-1-8(19)13(2-9(13)20)18(7)5-24-25(21,22)23/h3-4,7-9,15,19-20H,1-2,5H2,(H2,14,16,17)(H2,21,22,23)/t7-,8+,9-,13?/m1/s1. The maximum absolute atomic E-state index is 11.1. The van der Waals surface area contributed by atoms with Crippen LogP contribution in [-0.4, -0.2) is 64.3 Å².